The van der Waals surface area contributed by atoms with Crippen LogP contribution in [-0.2, 0) is 0 Å². The Kier molecular flexibility index (Phi) is 2.69. The van der Waals surface area contributed by atoms with Crippen molar-refractivity contribution in [2.45, 2.75) is 51.5 Å². The van der Waals surface area contributed by atoms with Gasteiger partial charge < -0.3 is 5.32 Å². The molecule has 2 fully saturated rings. The van der Waals surface area contributed by atoms with Crippen LogP contribution in [0, 0.1) is 11.8 Å². The Hall–Kier alpha value is -0.0400. The van der Waals surface area contributed by atoms with E-state index in [1.165, 1.54) is 38.5 Å². The number of hydrogen-bond acceptors (Lipinski definition) is 1. The van der Waals surface area contributed by atoms with Crippen molar-refractivity contribution in [3.8, 4) is 0 Å². The van der Waals surface area contributed by atoms with Crippen LogP contribution in [0.2, 0.25) is 0 Å². The van der Waals surface area contributed by atoms with Gasteiger partial charge in [-0.05, 0) is 31.2 Å². The van der Waals surface area contributed by atoms with Crippen LogP contribution in [0.1, 0.15) is 45.4 Å². The zero-order chi connectivity index (χ0) is 8.39. The summed E-state index contributed by atoms with van der Waals surface area (Å²) >= 11 is 0. The van der Waals surface area contributed by atoms with Crippen molar-refractivity contribution in [3.05, 3.63) is 0 Å². The molecule has 2 rings (SSSR count). The van der Waals surface area contributed by atoms with Crippen molar-refractivity contribution < 1.29 is 0 Å². The topological polar surface area (TPSA) is 12.0 Å². The van der Waals surface area contributed by atoms with Crippen LogP contribution in [0.3, 0.4) is 0 Å². The first-order valence-corrected chi connectivity index (χ1v) is 5.62. The molecular weight excluding hydrogens is 146 g/mol. The molecule has 1 heteroatoms. The predicted molar refractivity (Wildman–Crippen MR) is 52.1 cm³/mol. The molecule has 0 amide bonds. The average Bonchev–Trinajstić information content (AvgIpc) is 2.82. The van der Waals surface area contributed by atoms with Gasteiger partial charge in [-0.2, -0.15) is 0 Å². The van der Waals surface area contributed by atoms with E-state index < -0.39 is 0 Å². The first-order valence-electron chi connectivity index (χ1n) is 5.62. The molecule has 0 radical (unpaired) electrons. The standard InChI is InChI=1S/C11H21N/c1-2-12-11(7-9-3-4-9)8-10-5-6-10/h9-12H,2-8H2,1H3. The lowest BCUT2D eigenvalue weighted by Crippen LogP contribution is -2.29. The molecule has 0 saturated heterocycles. The summed E-state index contributed by atoms with van der Waals surface area (Å²) in [5.41, 5.74) is 0. The van der Waals surface area contributed by atoms with Crippen molar-refractivity contribution in [1.29, 1.82) is 0 Å². The molecule has 2 aliphatic rings. The Bertz CT molecular complexity index is 122. The van der Waals surface area contributed by atoms with Crippen LogP contribution in [-0.4, -0.2) is 12.6 Å². The van der Waals surface area contributed by atoms with E-state index in [-0.39, 0.29) is 0 Å². The first kappa shape index (κ1) is 8.55. The molecule has 1 N–H and O–H groups in total. The zero-order valence-electron chi connectivity index (χ0n) is 8.18. The Balaban J connectivity index is 1.66. The monoisotopic (exact) mass is 167 g/mol. The second-order valence-electron chi connectivity index (χ2n) is 4.61. The molecule has 0 aromatic heterocycles. The molecule has 0 aromatic carbocycles. The number of nitrogens with one attached hydrogen (secondary N) is 1. The summed E-state index contributed by atoms with van der Waals surface area (Å²) in [7, 11) is 0. The molecule has 0 atom stereocenters. The van der Waals surface area contributed by atoms with Gasteiger partial charge in [0.2, 0.25) is 0 Å². The number of rotatable bonds is 6. The molecule has 0 bridgehead atoms. The molecule has 2 saturated carbocycles. The molecule has 1 nitrogen and oxygen atoms in total. The second-order valence-corrected chi connectivity index (χ2v) is 4.61. The molecule has 70 valence electrons. The van der Waals surface area contributed by atoms with E-state index in [1.807, 2.05) is 0 Å². The minimum Gasteiger partial charge on any atom is -0.314 e. The van der Waals surface area contributed by atoms with Crippen LogP contribution >= 0.6 is 0 Å². The van der Waals surface area contributed by atoms with Gasteiger partial charge in [0, 0.05) is 6.04 Å². The lowest BCUT2D eigenvalue weighted by molar-refractivity contribution is 0.423. The third-order valence-electron chi connectivity index (χ3n) is 3.12. The third-order valence-corrected chi connectivity index (χ3v) is 3.12. The predicted octanol–water partition coefficient (Wildman–Crippen LogP) is 2.56. The van der Waals surface area contributed by atoms with Crippen LogP contribution < -0.4 is 5.32 Å². The third kappa shape index (κ3) is 2.78. The summed E-state index contributed by atoms with van der Waals surface area (Å²) < 4.78 is 0. The highest BCUT2D eigenvalue weighted by molar-refractivity contribution is 4.85. The molecular formula is C11H21N. The van der Waals surface area contributed by atoms with Crippen LogP contribution in [0.5, 0.6) is 0 Å². The van der Waals surface area contributed by atoms with Crippen LogP contribution in [0.4, 0.5) is 0 Å². The smallest absolute Gasteiger partial charge is 0.00722 e. The molecule has 2 aliphatic carbocycles. The van der Waals surface area contributed by atoms with E-state index in [9.17, 15) is 0 Å². The normalized spacial score (nSPS) is 23.5. The van der Waals surface area contributed by atoms with Crippen LogP contribution in [0.25, 0.3) is 0 Å². The zero-order valence-corrected chi connectivity index (χ0v) is 8.18. The molecule has 0 heterocycles. The highest BCUT2D eigenvalue weighted by Crippen LogP contribution is 2.38. The fourth-order valence-corrected chi connectivity index (χ4v) is 2.06. The maximum absolute atomic E-state index is 3.63. The van der Waals surface area contributed by atoms with Crippen molar-refractivity contribution in [1.82, 2.24) is 5.32 Å². The lowest BCUT2D eigenvalue weighted by atomic mass is 10.0. The Morgan fingerprint density at radius 2 is 1.58 bits per heavy atom. The Labute approximate surface area is 75.9 Å². The van der Waals surface area contributed by atoms with Crippen molar-refractivity contribution in [3.63, 3.8) is 0 Å². The molecule has 12 heavy (non-hydrogen) atoms. The van der Waals surface area contributed by atoms with Gasteiger partial charge in [-0.3, -0.25) is 0 Å². The quantitative estimate of drug-likeness (QED) is 0.641. The van der Waals surface area contributed by atoms with Crippen molar-refractivity contribution in [2.75, 3.05) is 6.54 Å². The number of hydrogen-bond donors (Lipinski definition) is 1. The van der Waals surface area contributed by atoms with E-state index in [2.05, 4.69) is 12.2 Å². The summed E-state index contributed by atoms with van der Waals surface area (Å²) in [6, 6.07) is 0.856. The fourth-order valence-electron chi connectivity index (χ4n) is 2.06. The van der Waals surface area contributed by atoms with Crippen molar-refractivity contribution in [2.24, 2.45) is 11.8 Å². The van der Waals surface area contributed by atoms with Gasteiger partial charge in [0.1, 0.15) is 0 Å². The maximum Gasteiger partial charge on any atom is 0.00722 e. The first-order chi connectivity index (χ1) is 5.88. The van der Waals surface area contributed by atoms with Gasteiger partial charge in [0.05, 0.1) is 0 Å². The van der Waals surface area contributed by atoms with E-state index in [4.69, 9.17) is 0 Å². The molecule has 0 aromatic rings. The van der Waals surface area contributed by atoms with Gasteiger partial charge in [-0.25, -0.2) is 0 Å². The summed E-state index contributed by atoms with van der Waals surface area (Å²) in [6.45, 7) is 3.39. The fraction of sp³-hybridized carbons (Fsp3) is 1.00. The highest BCUT2D eigenvalue weighted by Gasteiger charge is 2.29. The van der Waals surface area contributed by atoms with E-state index in [0.29, 0.717) is 0 Å². The lowest BCUT2D eigenvalue weighted by Gasteiger charge is -2.16. The van der Waals surface area contributed by atoms with E-state index >= 15 is 0 Å². The molecule has 0 unspecified atom stereocenters. The Morgan fingerprint density at radius 3 is 1.92 bits per heavy atom. The summed E-state index contributed by atoms with van der Waals surface area (Å²) in [4.78, 5) is 0. The SMILES string of the molecule is CCNC(CC1CC1)CC1CC1. The highest BCUT2D eigenvalue weighted by atomic mass is 14.9. The van der Waals surface area contributed by atoms with Gasteiger partial charge >= 0.3 is 0 Å². The van der Waals surface area contributed by atoms with Gasteiger partial charge in [-0.15, -0.1) is 0 Å². The van der Waals surface area contributed by atoms with Crippen molar-refractivity contribution >= 4 is 0 Å². The van der Waals surface area contributed by atoms with E-state index in [0.717, 1.165) is 24.4 Å². The van der Waals surface area contributed by atoms with E-state index in [1.54, 1.807) is 0 Å². The van der Waals surface area contributed by atoms with Crippen LogP contribution in [0.15, 0.2) is 0 Å². The minimum absolute atomic E-state index is 0.856. The maximum atomic E-state index is 3.63. The second kappa shape index (κ2) is 3.78. The molecule has 0 spiro atoms. The van der Waals surface area contributed by atoms with Gasteiger partial charge in [0.25, 0.3) is 0 Å². The van der Waals surface area contributed by atoms with Gasteiger partial charge in [0.15, 0.2) is 0 Å². The summed E-state index contributed by atoms with van der Waals surface area (Å²) in [5, 5.41) is 3.63. The van der Waals surface area contributed by atoms with Gasteiger partial charge in [-0.1, -0.05) is 32.6 Å². The molecule has 0 aliphatic heterocycles. The average molecular weight is 167 g/mol. The largest absolute Gasteiger partial charge is 0.314 e. The summed E-state index contributed by atoms with van der Waals surface area (Å²) in [5.74, 6) is 2.18. The Morgan fingerprint density at radius 1 is 1.08 bits per heavy atom. The minimum atomic E-state index is 0.856. The summed E-state index contributed by atoms with van der Waals surface area (Å²) in [6.07, 6.45) is 8.95.